The van der Waals surface area contributed by atoms with Crippen LogP contribution in [0.15, 0.2) is 6.07 Å². The monoisotopic (exact) mass is 151 g/mol. The fraction of sp³-hybridized carbons (Fsp3) is 0.500. The molecular formula is C8H13N3. The molecule has 1 heterocycles. The lowest BCUT2D eigenvalue weighted by molar-refractivity contribution is 0.978. The molecular weight excluding hydrogens is 138 g/mol. The number of rotatable bonds is 2. The molecule has 1 N–H and O–H groups in total. The van der Waals surface area contributed by atoms with E-state index in [0.717, 1.165) is 17.8 Å². The summed E-state index contributed by atoms with van der Waals surface area (Å²) in [6.45, 7) is 4.06. The lowest BCUT2D eigenvalue weighted by atomic mass is 10.3. The topological polar surface area (TPSA) is 37.8 Å². The molecule has 0 radical (unpaired) electrons. The van der Waals surface area contributed by atoms with Gasteiger partial charge in [0.2, 0.25) is 5.95 Å². The van der Waals surface area contributed by atoms with Gasteiger partial charge in [0.05, 0.1) is 0 Å². The van der Waals surface area contributed by atoms with Crippen LogP contribution in [0.25, 0.3) is 0 Å². The molecule has 1 aromatic rings. The second kappa shape index (κ2) is 3.32. The molecule has 1 aromatic heterocycles. The molecule has 0 aliphatic rings. The minimum absolute atomic E-state index is 0.710. The molecule has 0 aromatic carbocycles. The van der Waals surface area contributed by atoms with E-state index in [1.807, 2.05) is 20.0 Å². The van der Waals surface area contributed by atoms with Gasteiger partial charge in [-0.2, -0.15) is 0 Å². The molecule has 0 amide bonds. The minimum Gasteiger partial charge on any atom is -0.357 e. The average molecular weight is 151 g/mol. The molecule has 0 aliphatic carbocycles. The van der Waals surface area contributed by atoms with Gasteiger partial charge in [0.15, 0.2) is 0 Å². The number of anilines is 1. The Balaban J connectivity index is 3.02. The van der Waals surface area contributed by atoms with Gasteiger partial charge in [-0.1, -0.05) is 6.92 Å². The Kier molecular flexibility index (Phi) is 2.41. The molecule has 60 valence electrons. The summed E-state index contributed by atoms with van der Waals surface area (Å²) in [5.41, 5.74) is 2.10. The van der Waals surface area contributed by atoms with Crippen molar-refractivity contribution >= 4 is 5.95 Å². The van der Waals surface area contributed by atoms with E-state index < -0.39 is 0 Å². The molecule has 0 bridgehead atoms. The van der Waals surface area contributed by atoms with E-state index in [9.17, 15) is 0 Å². The number of nitrogens with one attached hydrogen (secondary N) is 1. The van der Waals surface area contributed by atoms with Crippen LogP contribution in [0.4, 0.5) is 5.95 Å². The van der Waals surface area contributed by atoms with E-state index in [1.54, 1.807) is 0 Å². The zero-order valence-electron chi connectivity index (χ0n) is 7.18. The Morgan fingerprint density at radius 1 is 1.45 bits per heavy atom. The quantitative estimate of drug-likeness (QED) is 0.694. The number of hydrogen-bond donors (Lipinski definition) is 1. The third-order valence-electron chi connectivity index (χ3n) is 1.49. The smallest absolute Gasteiger partial charge is 0.222 e. The van der Waals surface area contributed by atoms with Gasteiger partial charge in [-0.05, 0) is 19.4 Å². The number of nitrogens with zero attached hydrogens (tertiary/aromatic N) is 2. The molecule has 1 rings (SSSR count). The van der Waals surface area contributed by atoms with Crippen molar-refractivity contribution in [1.82, 2.24) is 9.97 Å². The molecule has 0 fully saturated rings. The van der Waals surface area contributed by atoms with Gasteiger partial charge in [0, 0.05) is 18.4 Å². The van der Waals surface area contributed by atoms with Crippen LogP contribution < -0.4 is 5.32 Å². The van der Waals surface area contributed by atoms with Gasteiger partial charge in [0.25, 0.3) is 0 Å². The molecule has 3 heteroatoms. The zero-order valence-corrected chi connectivity index (χ0v) is 7.18. The van der Waals surface area contributed by atoms with E-state index in [2.05, 4.69) is 22.2 Å². The Hall–Kier alpha value is -1.12. The number of aromatic nitrogens is 2. The van der Waals surface area contributed by atoms with Crippen molar-refractivity contribution in [2.45, 2.75) is 20.3 Å². The Morgan fingerprint density at radius 3 is 2.73 bits per heavy atom. The maximum Gasteiger partial charge on any atom is 0.222 e. The van der Waals surface area contributed by atoms with Gasteiger partial charge < -0.3 is 5.32 Å². The molecule has 0 unspecified atom stereocenters. The summed E-state index contributed by atoms with van der Waals surface area (Å²) < 4.78 is 0. The van der Waals surface area contributed by atoms with Crippen LogP contribution in [0.5, 0.6) is 0 Å². The Bertz CT molecular complexity index is 223. The van der Waals surface area contributed by atoms with Gasteiger partial charge in [-0.15, -0.1) is 0 Å². The van der Waals surface area contributed by atoms with Gasteiger partial charge in [-0.3, -0.25) is 0 Å². The first kappa shape index (κ1) is 7.98. The fourth-order valence-corrected chi connectivity index (χ4v) is 0.927. The highest BCUT2D eigenvalue weighted by Crippen LogP contribution is 2.03. The largest absolute Gasteiger partial charge is 0.357 e. The van der Waals surface area contributed by atoms with Crippen LogP contribution in [0.2, 0.25) is 0 Å². The predicted octanol–water partition coefficient (Wildman–Crippen LogP) is 1.39. The van der Waals surface area contributed by atoms with Crippen molar-refractivity contribution in [2.75, 3.05) is 12.4 Å². The highest BCUT2D eigenvalue weighted by atomic mass is 15.1. The highest BCUT2D eigenvalue weighted by Gasteiger charge is 1.96. The first-order valence-corrected chi connectivity index (χ1v) is 3.78. The number of hydrogen-bond acceptors (Lipinski definition) is 3. The highest BCUT2D eigenvalue weighted by molar-refractivity contribution is 5.26. The maximum atomic E-state index is 4.25. The summed E-state index contributed by atoms with van der Waals surface area (Å²) in [4.78, 5) is 8.43. The lowest BCUT2D eigenvalue weighted by Gasteiger charge is -2.02. The summed E-state index contributed by atoms with van der Waals surface area (Å²) in [5, 5.41) is 2.92. The van der Waals surface area contributed by atoms with Crippen molar-refractivity contribution in [1.29, 1.82) is 0 Å². The lowest BCUT2D eigenvalue weighted by Crippen LogP contribution is -2.00. The Morgan fingerprint density at radius 2 is 2.18 bits per heavy atom. The first-order chi connectivity index (χ1) is 5.26. The van der Waals surface area contributed by atoms with Crippen molar-refractivity contribution in [3.63, 3.8) is 0 Å². The number of aryl methyl sites for hydroxylation is 2. The van der Waals surface area contributed by atoms with Crippen LogP contribution in [0.3, 0.4) is 0 Å². The van der Waals surface area contributed by atoms with Crippen molar-refractivity contribution in [2.24, 2.45) is 0 Å². The summed E-state index contributed by atoms with van der Waals surface area (Å²) in [5.74, 6) is 0.710. The van der Waals surface area contributed by atoms with E-state index in [0.29, 0.717) is 5.95 Å². The summed E-state index contributed by atoms with van der Waals surface area (Å²) in [7, 11) is 1.83. The third kappa shape index (κ3) is 1.90. The molecule has 11 heavy (non-hydrogen) atoms. The van der Waals surface area contributed by atoms with Gasteiger partial charge in [0.1, 0.15) is 0 Å². The standard InChI is InChI=1S/C8H13N3/c1-4-7-5-6(2)10-8(9-3)11-7/h5H,4H2,1-3H3,(H,9,10,11). The first-order valence-electron chi connectivity index (χ1n) is 3.78. The van der Waals surface area contributed by atoms with Crippen LogP contribution >= 0.6 is 0 Å². The second-order valence-electron chi connectivity index (χ2n) is 2.43. The summed E-state index contributed by atoms with van der Waals surface area (Å²) >= 11 is 0. The van der Waals surface area contributed by atoms with Crippen molar-refractivity contribution < 1.29 is 0 Å². The van der Waals surface area contributed by atoms with Crippen LogP contribution in [-0.4, -0.2) is 17.0 Å². The van der Waals surface area contributed by atoms with E-state index in [4.69, 9.17) is 0 Å². The summed E-state index contributed by atoms with van der Waals surface area (Å²) in [6, 6.07) is 2.00. The van der Waals surface area contributed by atoms with Crippen molar-refractivity contribution in [3.8, 4) is 0 Å². The molecule has 0 aliphatic heterocycles. The van der Waals surface area contributed by atoms with Gasteiger partial charge in [-0.25, -0.2) is 9.97 Å². The molecule has 0 spiro atoms. The van der Waals surface area contributed by atoms with E-state index >= 15 is 0 Å². The maximum absolute atomic E-state index is 4.25. The van der Waals surface area contributed by atoms with Crippen molar-refractivity contribution in [3.05, 3.63) is 17.5 Å². The van der Waals surface area contributed by atoms with E-state index in [1.165, 1.54) is 0 Å². The van der Waals surface area contributed by atoms with Crippen LogP contribution in [0.1, 0.15) is 18.3 Å². The predicted molar refractivity (Wildman–Crippen MR) is 45.7 cm³/mol. The second-order valence-corrected chi connectivity index (χ2v) is 2.43. The zero-order chi connectivity index (χ0) is 8.27. The van der Waals surface area contributed by atoms with Crippen LogP contribution in [0, 0.1) is 6.92 Å². The van der Waals surface area contributed by atoms with E-state index in [-0.39, 0.29) is 0 Å². The normalized spacial score (nSPS) is 9.73. The summed E-state index contributed by atoms with van der Waals surface area (Å²) in [6.07, 6.45) is 0.956. The fourth-order valence-electron chi connectivity index (χ4n) is 0.927. The molecule has 0 saturated carbocycles. The Labute approximate surface area is 66.9 Å². The average Bonchev–Trinajstić information content (AvgIpc) is 2.03. The molecule has 0 saturated heterocycles. The molecule has 0 atom stereocenters. The van der Waals surface area contributed by atoms with Crippen LogP contribution in [-0.2, 0) is 6.42 Å². The van der Waals surface area contributed by atoms with Gasteiger partial charge >= 0.3 is 0 Å². The molecule has 3 nitrogen and oxygen atoms in total. The third-order valence-corrected chi connectivity index (χ3v) is 1.49. The minimum atomic E-state index is 0.710. The SMILES string of the molecule is CCc1cc(C)nc(NC)n1.